The summed E-state index contributed by atoms with van der Waals surface area (Å²) in [6.45, 7) is 2.44. The van der Waals surface area contributed by atoms with E-state index in [2.05, 4.69) is 18.0 Å². The summed E-state index contributed by atoms with van der Waals surface area (Å²) in [4.78, 5) is 3.26. The van der Waals surface area contributed by atoms with Crippen LogP contribution in [-0.4, -0.2) is 6.79 Å². The van der Waals surface area contributed by atoms with Crippen molar-refractivity contribution in [1.82, 2.24) is 0 Å². The molecule has 0 unspecified atom stereocenters. The molecule has 2 aromatic rings. The Labute approximate surface area is 134 Å². The Hall–Kier alpha value is -2.74. The lowest BCUT2D eigenvalue weighted by Crippen LogP contribution is -2.26. The summed E-state index contributed by atoms with van der Waals surface area (Å²) in [6.07, 6.45) is 3.21. The highest BCUT2D eigenvalue weighted by molar-refractivity contribution is 5.79. The molecule has 0 saturated carbocycles. The summed E-state index contributed by atoms with van der Waals surface area (Å²) in [6, 6.07) is 8.08. The number of ether oxygens (including phenoxy) is 2. The van der Waals surface area contributed by atoms with Crippen LogP contribution in [0, 0.1) is 11.3 Å². The maximum Gasteiger partial charge on any atom is 0.289 e. The molecule has 0 bridgehead atoms. The number of fused-ring (bicyclic) bond motifs is 2. The Morgan fingerprint density at radius 3 is 2.96 bits per heavy atom. The second kappa shape index (κ2) is 5.17. The number of hydrogen-bond acceptors (Lipinski definition) is 4. The molecule has 2 aliphatic rings. The van der Waals surface area contributed by atoms with Crippen molar-refractivity contribution in [2.75, 3.05) is 12.5 Å². The maximum absolute atomic E-state index is 9.62. The molecule has 2 heterocycles. The Balaban J connectivity index is 1.98. The minimum Gasteiger partial charge on any atom is -0.454 e. The highest BCUT2D eigenvalue weighted by Gasteiger charge is 2.29. The van der Waals surface area contributed by atoms with E-state index in [4.69, 9.17) is 15.2 Å². The molecule has 5 nitrogen and oxygen atoms in total. The van der Waals surface area contributed by atoms with E-state index in [1.165, 1.54) is 5.56 Å². The topological polar surface area (TPSA) is 82.4 Å². The molecular weight excluding hydrogens is 290 g/mol. The van der Waals surface area contributed by atoms with Crippen LogP contribution in [0.1, 0.15) is 42.5 Å². The predicted molar refractivity (Wildman–Crippen MR) is 85.0 cm³/mol. The third-order valence-electron chi connectivity index (χ3n) is 4.75. The Bertz CT molecular complexity index is 839. The minimum absolute atomic E-state index is 0.240. The molecule has 0 radical (unpaired) electrons. The van der Waals surface area contributed by atoms with E-state index < -0.39 is 0 Å². The second-order valence-electron chi connectivity index (χ2n) is 6.15. The highest BCUT2D eigenvalue weighted by atomic mass is 16.7. The van der Waals surface area contributed by atoms with Gasteiger partial charge in [0.05, 0.1) is 0 Å². The van der Waals surface area contributed by atoms with Crippen molar-refractivity contribution in [3.8, 4) is 28.7 Å². The molecule has 4 rings (SSSR count). The van der Waals surface area contributed by atoms with Crippen molar-refractivity contribution in [3.05, 3.63) is 35.0 Å². The highest BCUT2D eigenvalue weighted by Crippen LogP contribution is 2.41. The fraction of sp³-hybridized carbons (Fsp3) is 0.333. The van der Waals surface area contributed by atoms with Gasteiger partial charge in [0.15, 0.2) is 11.5 Å². The van der Waals surface area contributed by atoms with Gasteiger partial charge in [-0.3, -0.25) is 5.73 Å². The normalized spacial score (nSPS) is 18.3. The van der Waals surface area contributed by atoms with Gasteiger partial charge in [-0.15, -0.1) is 0 Å². The smallest absolute Gasteiger partial charge is 0.289 e. The summed E-state index contributed by atoms with van der Waals surface area (Å²) >= 11 is 0. The second-order valence-corrected chi connectivity index (χ2v) is 6.15. The Morgan fingerprint density at radius 1 is 1.30 bits per heavy atom. The zero-order chi connectivity index (χ0) is 16.0. The van der Waals surface area contributed by atoms with Gasteiger partial charge in [-0.1, -0.05) is 13.0 Å². The van der Waals surface area contributed by atoms with Crippen molar-refractivity contribution in [2.24, 2.45) is 0 Å². The molecule has 23 heavy (non-hydrogen) atoms. The summed E-state index contributed by atoms with van der Waals surface area (Å²) < 4.78 is 10.9. The maximum atomic E-state index is 9.62. The molecule has 3 N–H and O–H groups in total. The molecule has 0 fully saturated rings. The number of nitrogens with zero attached hydrogens (tertiary/aromatic N) is 1. The van der Waals surface area contributed by atoms with E-state index in [1.54, 1.807) is 0 Å². The lowest BCUT2D eigenvalue weighted by Gasteiger charge is -2.23. The molecule has 1 aromatic carbocycles. The Kier molecular flexibility index (Phi) is 3.12. The lowest BCUT2D eigenvalue weighted by molar-refractivity contribution is -0.377. The van der Waals surface area contributed by atoms with E-state index in [0.29, 0.717) is 17.3 Å². The van der Waals surface area contributed by atoms with Crippen molar-refractivity contribution in [1.29, 1.82) is 5.26 Å². The van der Waals surface area contributed by atoms with Gasteiger partial charge in [-0.05, 0) is 37.0 Å². The molecule has 1 aliphatic heterocycles. The van der Waals surface area contributed by atoms with Crippen molar-refractivity contribution in [3.63, 3.8) is 0 Å². The van der Waals surface area contributed by atoms with Crippen LogP contribution in [0.4, 0.5) is 5.82 Å². The van der Waals surface area contributed by atoms with E-state index in [0.717, 1.165) is 47.6 Å². The van der Waals surface area contributed by atoms with Crippen LogP contribution >= 0.6 is 0 Å². The van der Waals surface area contributed by atoms with Gasteiger partial charge in [0, 0.05) is 17.0 Å². The van der Waals surface area contributed by atoms with E-state index in [9.17, 15) is 5.26 Å². The first-order valence-corrected chi connectivity index (χ1v) is 7.86. The number of nitrogens with two attached hydrogens (primary N) is 1. The summed E-state index contributed by atoms with van der Waals surface area (Å²) in [5.41, 5.74) is 10.9. The molecule has 0 amide bonds. The van der Waals surface area contributed by atoms with Gasteiger partial charge in [-0.2, -0.15) is 5.26 Å². The van der Waals surface area contributed by atoms with Crippen LogP contribution in [0.5, 0.6) is 11.5 Å². The first kappa shape index (κ1) is 13.9. The van der Waals surface area contributed by atoms with Crippen LogP contribution < -0.4 is 20.2 Å². The summed E-state index contributed by atoms with van der Waals surface area (Å²) in [5.74, 6) is 2.31. The number of nitrogen functional groups attached to an aromatic ring is 1. The molecule has 1 atom stereocenters. The number of nitrogens with one attached hydrogen (secondary N) is 1. The number of benzene rings is 1. The fourth-order valence-electron chi connectivity index (χ4n) is 3.60. The Morgan fingerprint density at radius 2 is 2.13 bits per heavy atom. The predicted octanol–water partition coefficient (Wildman–Crippen LogP) is 2.79. The van der Waals surface area contributed by atoms with Crippen LogP contribution in [0.15, 0.2) is 18.2 Å². The molecule has 0 spiro atoms. The van der Waals surface area contributed by atoms with Crippen molar-refractivity contribution in [2.45, 2.75) is 32.1 Å². The molecule has 1 aliphatic carbocycles. The van der Waals surface area contributed by atoms with E-state index in [1.807, 2.05) is 18.2 Å². The van der Waals surface area contributed by atoms with Gasteiger partial charge >= 0.3 is 0 Å². The summed E-state index contributed by atoms with van der Waals surface area (Å²) in [7, 11) is 0. The van der Waals surface area contributed by atoms with Gasteiger partial charge in [0.25, 0.3) is 5.82 Å². The van der Waals surface area contributed by atoms with Crippen LogP contribution in [0.3, 0.4) is 0 Å². The largest absolute Gasteiger partial charge is 0.454 e. The van der Waals surface area contributed by atoms with E-state index >= 15 is 0 Å². The molecule has 116 valence electrons. The molecule has 0 saturated heterocycles. The number of aromatic amines is 1. The zero-order valence-corrected chi connectivity index (χ0v) is 13.0. The number of rotatable bonds is 1. The molecule has 5 heteroatoms. The monoisotopic (exact) mass is 308 g/mol. The van der Waals surface area contributed by atoms with Crippen molar-refractivity contribution >= 4 is 5.82 Å². The van der Waals surface area contributed by atoms with Gasteiger partial charge in [-0.25, -0.2) is 4.98 Å². The molecular formula is C18H18N3O2+. The van der Waals surface area contributed by atoms with Crippen LogP contribution in [0.2, 0.25) is 0 Å². The van der Waals surface area contributed by atoms with Crippen LogP contribution in [-0.2, 0) is 6.42 Å². The summed E-state index contributed by atoms with van der Waals surface area (Å²) in [5, 5.41) is 9.62. The van der Waals surface area contributed by atoms with Gasteiger partial charge in [0.2, 0.25) is 6.79 Å². The lowest BCUT2D eigenvalue weighted by atomic mass is 9.82. The zero-order valence-electron chi connectivity index (χ0n) is 13.0. The quantitative estimate of drug-likeness (QED) is 0.878. The number of nitriles is 1. The van der Waals surface area contributed by atoms with Gasteiger partial charge < -0.3 is 9.47 Å². The first-order chi connectivity index (χ1) is 11.2. The van der Waals surface area contributed by atoms with Crippen molar-refractivity contribution < 1.29 is 14.5 Å². The molecule has 1 aromatic heterocycles. The number of hydrogen-bond donors (Lipinski definition) is 1. The first-order valence-electron chi connectivity index (χ1n) is 7.86. The third-order valence-corrected chi connectivity index (χ3v) is 4.75. The average molecular weight is 308 g/mol. The number of aromatic nitrogens is 1. The van der Waals surface area contributed by atoms with E-state index in [-0.39, 0.29) is 6.79 Å². The SMILES string of the molecule is C[C@H]1CCCc2c1[nH+]c(N)c(C#N)c2-c1ccc2c(c1)OCO2. The van der Waals surface area contributed by atoms with Gasteiger partial charge in [0.1, 0.15) is 17.3 Å². The number of H-pyrrole nitrogens is 1. The average Bonchev–Trinajstić information content (AvgIpc) is 3.02. The standard InChI is InChI=1S/C18H17N3O2/c1-10-3-2-4-12-16(13(8-19)18(20)21-17(10)12)11-5-6-14-15(7-11)23-9-22-14/h5-7,10H,2-4,9H2,1H3,(H2,20,21)/p+1/t10-/m0/s1. The number of pyridine rings is 1. The van der Waals surface area contributed by atoms with Crippen LogP contribution in [0.25, 0.3) is 11.1 Å². The third kappa shape index (κ3) is 2.10. The minimum atomic E-state index is 0.240. The number of anilines is 1. The fourth-order valence-corrected chi connectivity index (χ4v) is 3.60.